The number of halogens is 6. The highest BCUT2D eigenvalue weighted by molar-refractivity contribution is 6.21. The van der Waals surface area contributed by atoms with Crippen molar-refractivity contribution in [2.24, 2.45) is 0 Å². The van der Waals surface area contributed by atoms with Crippen LogP contribution in [0.15, 0.2) is 60.7 Å². The van der Waals surface area contributed by atoms with Crippen LogP contribution in [0.1, 0.15) is 52.7 Å². The van der Waals surface area contributed by atoms with Crippen molar-refractivity contribution in [3.05, 3.63) is 107 Å². The monoisotopic (exact) mass is 608 g/mol. The molecule has 0 heterocycles. The molecular weight excluding hydrogens is 574 g/mol. The summed E-state index contributed by atoms with van der Waals surface area (Å²) in [5.74, 6) is -6.42. The Kier molecular flexibility index (Phi) is 7.63. The second-order valence-electron chi connectivity index (χ2n) is 13.3. The molecule has 0 amide bonds. The van der Waals surface area contributed by atoms with Gasteiger partial charge in [-0.3, -0.25) is 0 Å². The van der Waals surface area contributed by atoms with Crippen molar-refractivity contribution in [1.29, 1.82) is 0 Å². The minimum absolute atomic E-state index is 0.331. The maximum Gasteiger partial charge on any atom is 0.152 e. The van der Waals surface area contributed by atoms with Crippen molar-refractivity contribution in [2.45, 2.75) is 52.4 Å². The summed E-state index contributed by atoms with van der Waals surface area (Å²) in [6.07, 6.45) is 0. The van der Waals surface area contributed by atoms with Crippen molar-refractivity contribution in [1.82, 2.24) is 0 Å². The van der Waals surface area contributed by atoms with Gasteiger partial charge in [0, 0.05) is 59.9 Å². The Morgan fingerprint density at radius 1 is 0.409 bits per heavy atom. The number of fused-ring (bicyclic) bond motifs is 2. The van der Waals surface area contributed by atoms with Crippen LogP contribution in [0.2, 0.25) is 0 Å². The van der Waals surface area contributed by atoms with Crippen molar-refractivity contribution in [3.63, 3.8) is 0 Å². The van der Waals surface area contributed by atoms with Gasteiger partial charge in [-0.15, -0.1) is 0 Å². The van der Waals surface area contributed by atoms with Gasteiger partial charge in [-0.2, -0.15) is 0 Å². The number of hydrogen-bond donors (Lipinski definition) is 0. The van der Waals surface area contributed by atoms with E-state index in [2.05, 4.69) is 0 Å². The average Bonchev–Trinajstić information content (AvgIpc) is 2.88. The first-order valence-electron chi connectivity index (χ1n) is 14.2. The summed E-state index contributed by atoms with van der Waals surface area (Å²) in [4.78, 5) is 2.70. The molecule has 0 aliphatic rings. The summed E-state index contributed by atoms with van der Waals surface area (Å²) >= 11 is 0. The Labute approximate surface area is 253 Å². The molecular formula is C36H34F6N2. The third kappa shape index (κ3) is 5.35. The molecule has 0 saturated carbocycles. The van der Waals surface area contributed by atoms with Gasteiger partial charge in [-0.25, -0.2) is 26.3 Å². The van der Waals surface area contributed by atoms with Crippen LogP contribution >= 0.6 is 0 Å². The molecule has 0 radical (unpaired) electrons. The van der Waals surface area contributed by atoms with Gasteiger partial charge in [-0.05, 0) is 34.1 Å². The molecule has 0 aliphatic carbocycles. The molecule has 0 aromatic heterocycles. The Morgan fingerprint density at radius 2 is 0.705 bits per heavy atom. The standard InChI is InChI=1S/C36H34F6N2/c1-35(2,3)19-9-11-23-25(13-19)31(43(7)33-27(39)15-21(37)16-28(33)40)24-12-10-20(36(4,5)6)14-26(24)32(23)44(8)34-29(41)17-22(38)18-30(34)42/h9-18H,1-8H3. The first-order chi connectivity index (χ1) is 20.4. The molecule has 2 nitrogen and oxygen atoms in total. The number of nitrogens with zero attached hydrogens (tertiary/aromatic N) is 2. The summed E-state index contributed by atoms with van der Waals surface area (Å²) in [5, 5.41) is 2.16. The second-order valence-corrected chi connectivity index (χ2v) is 13.3. The summed E-state index contributed by atoms with van der Waals surface area (Å²) in [6, 6.07) is 13.7. The van der Waals surface area contributed by atoms with Gasteiger partial charge in [0.25, 0.3) is 0 Å². The molecule has 5 aromatic carbocycles. The number of rotatable bonds is 4. The molecule has 230 valence electrons. The quantitative estimate of drug-likeness (QED) is 0.114. The van der Waals surface area contributed by atoms with Gasteiger partial charge >= 0.3 is 0 Å². The normalized spacial score (nSPS) is 12.3. The molecule has 5 aromatic rings. The minimum Gasteiger partial charge on any atom is -0.339 e. The highest BCUT2D eigenvalue weighted by atomic mass is 19.2. The van der Waals surface area contributed by atoms with E-state index in [9.17, 15) is 8.78 Å². The van der Waals surface area contributed by atoms with E-state index >= 15 is 17.6 Å². The van der Waals surface area contributed by atoms with E-state index in [-0.39, 0.29) is 10.8 Å². The highest BCUT2D eigenvalue weighted by Crippen LogP contribution is 2.49. The fourth-order valence-corrected chi connectivity index (χ4v) is 5.77. The van der Waals surface area contributed by atoms with E-state index in [1.54, 1.807) is 0 Å². The van der Waals surface area contributed by atoms with E-state index < -0.39 is 46.3 Å². The summed E-state index contributed by atoms with van der Waals surface area (Å²) in [6.45, 7) is 12.1. The lowest BCUT2D eigenvalue weighted by molar-refractivity contribution is 0.543. The van der Waals surface area contributed by atoms with Gasteiger partial charge in [0.15, 0.2) is 23.3 Å². The topological polar surface area (TPSA) is 6.48 Å². The van der Waals surface area contributed by atoms with Crippen molar-refractivity contribution < 1.29 is 26.3 Å². The summed E-state index contributed by atoms with van der Waals surface area (Å²) in [5.41, 5.74) is 1.08. The Morgan fingerprint density at radius 3 is 0.977 bits per heavy atom. The number of benzene rings is 5. The van der Waals surface area contributed by atoms with E-state index in [1.807, 2.05) is 77.9 Å². The second kappa shape index (κ2) is 10.8. The van der Waals surface area contributed by atoms with E-state index in [4.69, 9.17) is 0 Å². The smallest absolute Gasteiger partial charge is 0.152 e. The first-order valence-corrected chi connectivity index (χ1v) is 14.2. The Bertz CT molecular complexity index is 1750. The Hall–Kier alpha value is -4.20. The third-order valence-electron chi connectivity index (χ3n) is 8.10. The molecule has 0 bridgehead atoms. The fraction of sp³-hybridized carbons (Fsp3) is 0.278. The maximum absolute atomic E-state index is 15.2. The van der Waals surface area contributed by atoms with Crippen LogP contribution in [-0.4, -0.2) is 14.1 Å². The van der Waals surface area contributed by atoms with Gasteiger partial charge in [0.05, 0.1) is 11.4 Å². The molecule has 0 unspecified atom stereocenters. The third-order valence-corrected chi connectivity index (χ3v) is 8.10. The predicted molar refractivity (Wildman–Crippen MR) is 168 cm³/mol. The predicted octanol–water partition coefficient (Wildman–Crippen LogP) is 11.0. The minimum atomic E-state index is -1.08. The molecule has 8 heteroatoms. The highest BCUT2D eigenvalue weighted by Gasteiger charge is 2.28. The van der Waals surface area contributed by atoms with Gasteiger partial charge in [0.2, 0.25) is 0 Å². The van der Waals surface area contributed by atoms with E-state index in [1.165, 1.54) is 23.9 Å². The number of hydrogen-bond acceptors (Lipinski definition) is 2. The fourth-order valence-electron chi connectivity index (χ4n) is 5.77. The first kappa shape index (κ1) is 31.2. The SMILES string of the molecule is CN(c1c(F)cc(F)cc1F)c1c2ccc(C(C)(C)C)cc2c(N(C)c2c(F)cc(F)cc2F)c2ccc(C(C)(C)C)cc12. The van der Waals surface area contributed by atoms with E-state index in [0.29, 0.717) is 57.2 Å². The molecule has 0 fully saturated rings. The molecule has 0 saturated heterocycles. The lowest BCUT2D eigenvalue weighted by atomic mass is 9.83. The summed E-state index contributed by atoms with van der Waals surface area (Å²) < 4.78 is 88.8. The molecule has 0 N–H and O–H groups in total. The zero-order valence-electron chi connectivity index (χ0n) is 25.9. The van der Waals surface area contributed by atoms with Crippen LogP contribution in [-0.2, 0) is 10.8 Å². The largest absolute Gasteiger partial charge is 0.339 e. The van der Waals surface area contributed by atoms with Crippen LogP contribution in [0.4, 0.5) is 49.1 Å². The maximum atomic E-state index is 15.2. The van der Waals surface area contributed by atoms with Crippen LogP contribution in [0, 0.1) is 34.9 Å². The molecule has 0 atom stereocenters. The molecule has 44 heavy (non-hydrogen) atoms. The summed E-state index contributed by atoms with van der Waals surface area (Å²) in [7, 11) is 3.00. The van der Waals surface area contributed by atoms with Crippen LogP contribution in [0.3, 0.4) is 0 Å². The molecule has 0 spiro atoms. The van der Waals surface area contributed by atoms with Crippen molar-refractivity contribution in [2.75, 3.05) is 23.9 Å². The van der Waals surface area contributed by atoms with E-state index in [0.717, 1.165) is 11.1 Å². The van der Waals surface area contributed by atoms with Crippen LogP contribution in [0.25, 0.3) is 21.5 Å². The van der Waals surface area contributed by atoms with Gasteiger partial charge in [0.1, 0.15) is 23.0 Å². The average molecular weight is 609 g/mol. The lowest BCUT2D eigenvalue weighted by Crippen LogP contribution is -2.19. The van der Waals surface area contributed by atoms with Gasteiger partial charge < -0.3 is 9.80 Å². The lowest BCUT2D eigenvalue weighted by Gasteiger charge is -2.31. The Balaban J connectivity index is 2.00. The zero-order chi connectivity index (χ0) is 32.5. The van der Waals surface area contributed by atoms with Crippen molar-refractivity contribution >= 4 is 44.3 Å². The zero-order valence-corrected chi connectivity index (χ0v) is 25.9. The number of anilines is 4. The van der Waals surface area contributed by atoms with Crippen molar-refractivity contribution in [3.8, 4) is 0 Å². The van der Waals surface area contributed by atoms with Crippen LogP contribution in [0.5, 0.6) is 0 Å². The molecule has 0 aliphatic heterocycles. The molecule has 5 rings (SSSR count). The van der Waals surface area contributed by atoms with Gasteiger partial charge in [-0.1, -0.05) is 65.8 Å². The van der Waals surface area contributed by atoms with Crippen LogP contribution < -0.4 is 9.80 Å².